The lowest BCUT2D eigenvalue weighted by atomic mass is 10.0. The van der Waals surface area contributed by atoms with Gasteiger partial charge in [0.1, 0.15) is 5.82 Å². The first-order chi connectivity index (χ1) is 10.3. The van der Waals surface area contributed by atoms with Crippen molar-refractivity contribution in [2.45, 2.75) is 45.6 Å². The van der Waals surface area contributed by atoms with Crippen molar-refractivity contribution in [3.63, 3.8) is 0 Å². The van der Waals surface area contributed by atoms with E-state index in [4.69, 9.17) is 0 Å². The molecule has 1 aliphatic rings. The maximum atomic E-state index is 4.37. The van der Waals surface area contributed by atoms with Gasteiger partial charge in [-0.15, -0.1) is 10.2 Å². The van der Waals surface area contributed by atoms with Gasteiger partial charge in [0.2, 0.25) is 5.65 Å². The highest BCUT2D eigenvalue weighted by Gasteiger charge is 2.17. The molecule has 1 fully saturated rings. The summed E-state index contributed by atoms with van der Waals surface area (Å²) < 4.78 is 1.96. The summed E-state index contributed by atoms with van der Waals surface area (Å²) in [6.45, 7) is 7.61. The molecule has 0 amide bonds. The van der Waals surface area contributed by atoms with Crippen LogP contribution >= 0.6 is 0 Å². The molecule has 21 heavy (non-hydrogen) atoms. The molecule has 6 heteroatoms. The molecule has 3 heterocycles. The van der Waals surface area contributed by atoms with Crippen molar-refractivity contribution in [3.05, 3.63) is 18.2 Å². The molecule has 0 spiro atoms. The molecular weight excluding hydrogens is 264 g/mol. The number of rotatable bonds is 5. The molecule has 1 unspecified atom stereocenters. The van der Waals surface area contributed by atoms with Crippen molar-refractivity contribution in [2.75, 3.05) is 25.0 Å². The van der Waals surface area contributed by atoms with Crippen molar-refractivity contribution < 1.29 is 0 Å². The number of hydrogen-bond donors (Lipinski definition) is 1. The number of aryl methyl sites for hydroxylation is 1. The third kappa shape index (κ3) is 3.15. The van der Waals surface area contributed by atoms with E-state index < -0.39 is 0 Å². The van der Waals surface area contributed by atoms with E-state index in [-0.39, 0.29) is 0 Å². The van der Waals surface area contributed by atoms with Gasteiger partial charge in [0.15, 0.2) is 5.82 Å². The summed E-state index contributed by atoms with van der Waals surface area (Å²) in [5.74, 6) is 1.71. The molecule has 0 aromatic carbocycles. The maximum absolute atomic E-state index is 4.37. The van der Waals surface area contributed by atoms with E-state index in [1.807, 2.05) is 17.5 Å². The Bertz CT molecular complexity index is 593. The van der Waals surface area contributed by atoms with Crippen LogP contribution in [0.4, 0.5) is 5.82 Å². The molecule has 1 N–H and O–H groups in total. The van der Waals surface area contributed by atoms with Crippen molar-refractivity contribution >= 4 is 11.5 Å². The molecule has 114 valence electrons. The van der Waals surface area contributed by atoms with E-state index in [2.05, 4.69) is 32.3 Å². The second kappa shape index (κ2) is 6.39. The van der Waals surface area contributed by atoms with Gasteiger partial charge in [-0.2, -0.15) is 0 Å². The molecule has 3 rings (SSSR count). The number of anilines is 1. The van der Waals surface area contributed by atoms with Gasteiger partial charge in [-0.3, -0.25) is 4.40 Å². The summed E-state index contributed by atoms with van der Waals surface area (Å²) in [6, 6.07) is 0.736. The van der Waals surface area contributed by atoms with Crippen LogP contribution in [-0.4, -0.2) is 50.2 Å². The molecule has 2 aromatic heterocycles. The van der Waals surface area contributed by atoms with Gasteiger partial charge in [0, 0.05) is 31.5 Å². The molecule has 2 aromatic rings. The number of hydrogen-bond acceptors (Lipinski definition) is 5. The zero-order valence-corrected chi connectivity index (χ0v) is 12.9. The summed E-state index contributed by atoms with van der Waals surface area (Å²) in [4.78, 5) is 6.97. The lowest BCUT2D eigenvalue weighted by Crippen LogP contribution is -2.38. The fourth-order valence-electron chi connectivity index (χ4n) is 3.04. The molecule has 1 atom stereocenters. The summed E-state index contributed by atoms with van der Waals surface area (Å²) in [6.07, 6.45) is 8.88. The first-order valence-corrected chi connectivity index (χ1v) is 7.90. The minimum absolute atomic E-state index is 0.736. The normalized spacial score (nSPS) is 20.0. The number of fused-ring (bicyclic) bond motifs is 1. The average Bonchev–Trinajstić information content (AvgIpc) is 2.88. The van der Waals surface area contributed by atoms with E-state index in [0.717, 1.165) is 42.8 Å². The zero-order chi connectivity index (χ0) is 14.7. The van der Waals surface area contributed by atoms with Crippen LogP contribution in [0.1, 0.15) is 38.4 Å². The molecular formula is C15H24N6. The highest BCUT2D eigenvalue weighted by Crippen LogP contribution is 2.16. The number of nitrogens with zero attached hydrogens (tertiary/aromatic N) is 5. The van der Waals surface area contributed by atoms with Gasteiger partial charge in [-0.05, 0) is 39.7 Å². The first kappa shape index (κ1) is 14.3. The molecule has 1 saturated heterocycles. The van der Waals surface area contributed by atoms with Crippen LogP contribution in [-0.2, 0) is 0 Å². The fourth-order valence-corrected chi connectivity index (χ4v) is 3.04. The van der Waals surface area contributed by atoms with Crippen LogP contribution in [0.25, 0.3) is 5.65 Å². The van der Waals surface area contributed by atoms with Crippen LogP contribution in [0.2, 0.25) is 0 Å². The molecule has 1 aliphatic heterocycles. The minimum atomic E-state index is 0.736. The number of nitrogens with one attached hydrogen (secondary N) is 1. The minimum Gasteiger partial charge on any atom is -0.367 e. The number of aromatic nitrogens is 4. The van der Waals surface area contributed by atoms with Crippen molar-refractivity contribution in [1.82, 2.24) is 24.5 Å². The summed E-state index contributed by atoms with van der Waals surface area (Å²) >= 11 is 0. The monoisotopic (exact) mass is 288 g/mol. The third-order valence-electron chi connectivity index (χ3n) is 4.35. The second-order valence-corrected chi connectivity index (χ2v) is 5.88. The van der Waals surface area contributed by atoms with Gasteiger partial charge in [-0.25, -0.2) is 4.98 Å². The van der Waals surface area contributed by atoms with Gasteiger partial charge in [0.25, 0.3) is 0 Å². The lowest BCUT2D eigenvalue weighted by Gasteiger charge is -2.33. The first-order valence-electron chi connectivity index (χ1n) is 7.90. The molecule has 6 nitrogen and oxygen atoms in total. The smallest absolute Gasteiger partial charge is 0.203 e. The Morgan fingerprint density at radius 3 is 3.10 bits per heavy atom. The summed E-state index contributed by atoms with van der Waals surface area (Å²) in [7, 11) is 0. The van der Waals surface area contributed by atoms with Crippen LogP contribution < -0.4 is 5.32 Å². The van der Waals surface area contributed by atoms with E-state index in [9.17, 15) is 0 Å². The molecule has 0 radical (unpaired) electrons. The van der Waals surface area contributed by atoms with E-state index in [0.29, 0.717) is 0 Å². The Kier molecular flexibility index (Phi) is 4.34. The highest BCUT2D eigenvalue weighted by molar-refractivity contribution is 5.61. The quantitative estimate of drug-likeness (QED) is 0.854. The topological polar surface area (TPSA) is 58.4 Å². The van der Waals surface area contributed by atoms with Gasteiger partial charge in [-0.1, -0.05) is 6.42 Å². The summed E-state index contributed by atoms with van der Waals surface area (Å²) in [5.41, 5.74) is 0.807. The van der Waals surface area contributed by atoms with E-state index >= 15 is 0 Å². The van der Waals surface area contributed by atoms with Gasteiger partial charge < -0.3 is 10.2 Å². The Labute approximate surface area is 125 Å². The Morgan fingerprint density at radius 1 is 1.33 bits per heavy atom. The Balaban J connectivity index is 1.52. The number of piperidine rings is 1. The lowest BCUT2D eigenvalue weighted by molar-refractivity contribution is 0.160. The molecule has 0 aliphatic carbocycles. The zero-order valence-electron chi connectivity index (χ0n) is 12.9. The van der Waals surface area contributed by atoms with Gasteiger partial charge >= 0.3 is 0 Å². The predicted octanol–water partition coefficient (Wildman–Crippen LogP) is 2.11. The predicted molar refractivity (Wildman–Crippen MR) is 83.5 cm³/mol. The van der Waals surface area contributed by atoms with Crippen LogP contribution in [0.3, 0.4) is 0 Å². The highest BCUT2D eigenvalue weighted by atomic mass is 15.3. The van der Waals surface area contributed by atoms with Crippen LogP contribution in [0.5, 0.6) is 0 Å². The van der Waals surface area contributed by atoms with E-state index in [1.54, 1.807) is 6.20 Å². The van der Waals surface area contributed by atoms with Crippen LogP contribution in [0.15, 0.2) is 12.4 Å². The Morgan fingerprint density at radius 2 is 2.24 bits per heavy atom. The average molecular weight is 288 g/mol. The maximum Gasteiger partial charge on any atom is 0.203 e. The van der Waals surface area contributed by atoms with Crippen LogP contribution in [0, 0.1) is 6.92 Å². The summed E-state index contributed by atoms with van der Waals surface area (Å²) in [5, 5.41) is 11.7. The SMILES string of the molecule is Cc1nnc2c(NCCCN3CCCCC3C)nccn12. The van der Waals surface area contributed by atoms with E-state index in [1.165, 1.54) is 25.8 Å². The second-order valence-electron chi connectivity index (χ2n) is 5.88. The molecule has 0 saturated carbocycles. The fraction of sp³-hybridized carbons (Fsp3) is 0.667. The van der Waals surface area contributed by atoms with Crippen molar-refractivity contribution in [3.8, 4) is 0 Å². The largest absolute Gasteiger partial charge is 0.367 e. The van der Waals surface area contributed by atoms with Crippen molar-refractivity contribution in [2.24, 2.45) is 0 Å². The van der Waals surface area contributed by atoms with Crippen molar-refractivity contribution in [1.29, 1.82) is 0 Å². The number of likely N-dealkylation sites (tertiary alicyclic amines) is 1. The molecule has 0 bridgehead atoms. The third-order valence-corrected chi connectivity index (χ3v) is 4.35. The Hall–Kier alpha value is -1.69. The standard InChI is InChI=1S/C15H24N6/c1-12-6-3-4-9-20(12)10-5-7-16-14-15-19-18-13(2)21(15)11-8-17-14/h8,11-12H,3-7,9-10H2,1-2H3,(H,16,17). The van der Waals surface area contributed by atoms with Gasteiger partial charge in [0.05, 0.1) is 0 Å².